The molecule has 2 aromatic rings. The van der Waals surface area contributed by atoms with Crippen molar-refractivity contribution in [3.05, 3.63) is 16.3 Å². The van der Waals surface area contributed by atoms with Gasteiger partial charge in [-0.15, -0.1) is 0 Å². The number of hydrogen-bond acceptors (Lipinski definition) is 8. The number of hydrogen-bond donors (Lipinski definition) is 1. The maximum Gasteiger partial charge on any atom is 0.411 e. The molecular formula is C4H3N7O3. The number of nitro groups is 1. The van der Waals surface area contributed by atoms with Crippen LogP contribution in [-0.4, -0.2) is 30.2 Å². The van der Waals surface area contributed by atoms with Gasteiger partial charge in [0.1, 0.15) is 11.3 Å². The van der Waals surface area contributed by atoms with E-state index >= 15 is 0 Å². The molecular weight excluding hydrogens is 194 g/mol. The first-order chi connectivity index (χ1) is 6.68. The number of nitrogens with zero attached hydrogens (tertiary/aromatic N) is 6. The molecule has 0 saturated carbocycles. The normalized spacial score (nSPS) is 10.3. The van der Waals surface area contributed by atoms with Crippen molar-refractivity contribution in [3.8, 4) is 5.82 Å². The van der Waals surface area contributed by atoms with E-state index in [1.54, 1.807) is 0 Å². The van der Waals surface area contributed by atoms with Crippen molar-refractivity contribution in [3.63, 3.8) is 0 Å². The molecule has 0 radical (unpaired) electrons. The molecule has 0 bridgehead atoms. The van der Waals surface area contributed by atoms with Crippen LogP contribution in [-0.2, 0) is 0 Å². The Morgan fingerprint density at radius 3 is 2.86 bits per heavy atom. The number of nitrogens with two attached hydrogens (primary N) is 1. The third-order valence-corrected chi connectivity index (χ3v) is 1.38. The lowest BCUT2D eigenvalue weighted by Crippen LogP contribution is -1.99. The van der Waals surface area contributed by atoms with E-state index in [-0.39, 0.29) is 11.6 Å². The topological polar surface area (TPSA) is 139 Å². The fraction of sp³-hybridized carbons (Fsp3) is 0. The molecule has 0 aliphatic carbocycles. The van der Waals surface area contributed by atoms with Crippen LogP contribution < -0.4 is 5.73 Å². The van der Waals surface area contributed by atoms with Crippen molar-refractivity contribution in [2.24, 2.45) is 0 Å². The van der Waals surface area contributed by atoms with Gasteiger partial charge in [-0.25, -0.2) is 4.63 Å². The predicted octanol–water partition coefficient (Wildman–Crippen LogP) is -0.859. The molecule has 0 unspecified atom stereocenters. The number of nitrogen functional groups attached to an aromatic ring is 1. The van der Waals surface area contributed by atoms with E-state index in [9.17, 15) is 10.1 Å². The Kier molecular flexibility index (Phi) is 1.59. The van der Waals surface area contributed by atoms with Gasteiger partial charge in [-0.3, -0.25) is 0 Å². The van der Waals surface area contributed by atoms with Crippen molar-refractivity contribution in [2.75, 3.05) is 5.73 Å². The van der Waals surface area contributed by atoms with E-state index in [1.165, 1.54) is 0 Å². The zero-order valence-electron chi connectivity index (χ0n) is 6.56. The first-order valence-corrected chi connectivity index (χ1v) is 3.33. The Labute approximate surface area is 75.4 Å². The molecule has 0 atom stereocenters. The molecule has 0 saturated heterocycles. The molecule has 2 rings (SSSR count). The quantitative estimate of drug-likeness (QED) is 0.484. The molecule has 0 spiro atoms. The Hall–Kier alpha value is -2.52. The predicted molar refractivity (Wildman–Crippen MR) is 40.3 cm³/mol. The average Bonchev–Trinajstić information content (AvgIpc) is 2.71. The molecule has 0 aromatic carbocycles. The molecule has 10 nitrogen and oxygen atoms in total. The molecule has 0 fully saturated rings. The smallest absolute Gasteiger partial charge is 0.378 e. The van der Waals surface area contributed by atoms with Crippen molar-refractivity contribution >= 4 is 11.6 Å². The summed E-state index contributed by atoms with van der Waals surface area (Å²) in [6.07, 6.45) is 1.05. The fourth-order valence-corrected chi connectivity index (χ4v) is 0.792. The van der Waals surface area contributed by atoms with E-state index in [4.69, 9.17) is 5.73 Å². The minimum absolute atomic E-state index is 0.0233. The van der Waals surface area contributed by atoms with Gasteiger partial charge in [0.15, 0.2) is 0 Å². The van der Waals surface area contributed by atoms with E-state index in [2.05, 4.69) is 25.3 Å². The second kappa shape index (κ2) is 2.76. The van der Waals surface area contributed by atoms with E-state index in [0.29, 0.717) is 0 Å². The van der Waals surface area contributed by atoms with Crippen LogP contribution in [0.5, 0.6) is 0 Å². The lowest BCUT2D eigenvalue weighted by Gasteiger charge is -1.87. The number of rotatable bonds is 2. The maximum absolute atomic E-state index is 10.3. The van der Waals surface area contributed by atoms with E-state index < -0.39 is 10.7 Å². The van der Waals surface area contributed by atoms with Gasteiger partial charge in [0.25, 0.3) is 0 Å². The van der Waals surface area contributed by atoms with Crippen LogP contribution >= 0.6 is 0 Å². The molecule has 0 aliphatic rings. The summed E-state index contributed by atoms with van der Waals surface area (Å²) in [4.78, 5) is 9.58. The van der Waals surface area contributed by atoms with Crippen LogP contribution in [0.2, 0.25) is 0 Å². The summed E-state index contributed by atoms with van der Waals surface area (Å²) in [5, 5.41) is 23.6. The third kappa shape index (κ3) is 1.14. The Balaban J connectivity index is 2.43. The summed E-state index contributed by atoms with van der Waals surface area (Å²) in [5.41, 5.74) is 5.33. The molecule has 2 N–H and O–H groups in total. The van der Waals surface area contributed by atoms with Gasteiger partial charge in [0.05, 0.1) is 5.21 Å². The van der Waals surface area contributed by atoms with Crippen LogP contribution in [0.4, 0.5) is 11.6 Å². The van der Waals surface area contributed by atoms with Crippen LogP contribution in [0.3, 0.4) is 0 Å². The number of aromatic nitrogens is 5. The summed E-state index contributed by atoms with van der Waals surface area (Å²) in [7, 11) is 0. The lowest BCUT2D eigenvalue weighted by atomic mass is 10.6. The second-order valence-corrected chi connectivity index (χ2v) is 2.25. The summed E-state index contributed by atoms with van der Waals surface area (Å²) in [6, 6.07) is 0. The molecule has 2 aromatic heterocycles. The highest BCUT2D eigenvalue weighted by Gasteiger charge is 2.17. The summed E-state index contributed by atoms with van der Waals surface area (Å²) in [6.45, 7) is 0. The lowest BCUT2D eigenvalue weighted by molar-refractivity contribution is -0.389. The molecule has 0 aliphatic heterocycles. The first-order valence-electron chi connectivity index (χ1n) is 3.33. The molecule has 10 heteroatoms. The minimum atomic E-state index is -0.687. The molecule has 72 valence electrons. The van der Waals surface area contributed by atoms with Gasteiger partial charge in [0.2, 0.25) is 11.6 Å². The monoisotopic (exact) mass is 197 g/mol. The van der Waals surface area contributed by atoms with Crippen molar-refractivity contribution < 1.29 is 9.55 Å². The zero-order chi connectivity index (χ0) is 10.1. The van der Waals surface area contributed by atoms with Gasteiger partial charge < -0.3 is 15.8 Å². The Morgan fingerprint density at radius 2 is 2.36 bits per heavy atom. The second-order valence-electron chi connectivity index (χ2n) is 2.25. The maximum atomic E-state index is 10.3. The fourth-order valence-electron chi connectivity index (χ4n) is 0.792. The van der Waals surface area contributed by atoms with Gasteiger partial charge in [-0.05, 0) is 15.2 Å². The molecule has 2 heterocycles. The Morgan fingerprint density at radius 1 is 1.57 bits per heavy atom. The summed E-state index contributed by atoms with van der Waals surface area (Å²) in [5.74, 6) is -0.372. The third-order valence-electron chi connectivity index (χ3n) is 1.38. The minimum Gasteiger partial charge on any atom is -0.378 e. The van der Waals surface area contributed by atoms with Crippen LogP contribution in [0.1, 0.15) is 0 Å². The van der Waals surface area contributed by atoms with Gasteiger partial charge >= 0.3 is 5.82 Å². The standard InChI is InChI=1S/C4H3N7O3/c5-3-4(8-14-7-3)10-1-2(6-9-10)11(12)13/h1H,(H2,5,7). The summed E-state index contributed by atoms with van der Waals surface area (Å²) < 4.78 is 5.29. The molecule has 0 amide bonds. The largest absolute Gasteiger partial charge is 0.411 e. The highest BCUT2D eigenvalue weighted by atomic mass is 16.6. The van der Waals surface area contributed by atoms with Crippen LogP contribution in [0.25, 0.3) is 5.82 Å². The highest BCUT2D eigenvalue weighted by molar-refractivity contribution is 5.43. The molecule has 14 heavy (non-hydrogen) atoms. The van der Waals surface area contributed by atoms with Crippen molar-refractivity contribution in [2.45, 2.75) is 0 Å². The Bertz CT molecular complexity index is 473. The van der Waals surface area contributed by atoms with Gasteiger partial charge in [0, 0.05) is 0 Å². The highest BCUT2D eigenvalue weighted by Crippen LogP contribution is 2.12. The zero-order valence-corrected chi connectivity index (χ0v) is 6.56. The van der Waals surface area contributed by atoms with Gasteiger partial charge in [-0.2, -0.15) is 4.68 Å². The summed E-state index contributed by atoms with van der Waals surface area (Å²) >= 11 is 0. The van der Waals surface area contributed by atoms with Crippen molar-refractivity contribution in [1.29, 1.82) is 0 Å². The van der Waals surface area contributed by atoms with E-state index in [1.807, 2.05) is 0 Å². The number of anilines is 1. The first kappa shape index (κ1) is 8.10. The average molecular weight is 197 g/mol. The van der Waals surface area contributed by atoms with Crippen molar-refractivity contribution in [1.82, 2.24) is 25.3 Å². The van der Waals surface area contributed by atoms with Crippen LogP contribution in [0.15, 0.2) is 10.8 Å². The van der Waals surface area contributed by atoms with Gasteiger partial charge in [-0.1, -0.05) is 0 Å². The van der Waals surface area contributed by atoms with Crippen LogP contribution in [0, 0.1) is 10.1 Å². The van der Waals surface area contributed by atoms with E-state index in [0.717, 1.165) is 10.9 Å². The SMILES string of the molecule is Nc1nonc1-n1cc([N+](=O)[O-])nn1.